The van der Waals surface area contributed by atoms with Gasteiger partial charge in [0.25, 0.3) is 0 Å². The number of rotatable bonds is 3. The molecule has 0 aliphatic rings. The number of carbonyl (C=O) groups is 2. The van der Waals surface area contributed by atoms with Gasteiger partial charge in [-0.05, 0) is 6.92 Å². The molecule has 0 unspecified atom stereocenters. The molecule has 0 heterocycles. The lowest BCUT2D eigenvalue weighted by Crippen LogP contribution is -2.24. The van der Waals surface area contributed by atoms with Gasteiger partial charge in [0.15, 0.2) is 11.5 Å². The first kappa shape index (κ1) is 16.4. The summed E-state index contributed by atoms with van der Waals surface area (Å²) in [6.07, 6.45) is -1.21. The summed E-state index contributed by atoms with van der Waals surface area (Å²) in [5.74, 6) is 0.941. The molecule has 0 atom stereocenters. The van der Waals surface area contributed by atoms with Gasteiger partial charge in [-0.2, -0.15) is 0 Å². The van der Waals surface area contributed by atoms with Gasteiger partial charge in [-0.3, -0.25) is 0 Å². The Morgan fingerprint density at radius 3 is 1.83 bits per heavy atom. The highest BCUT2D eigenvalue weighted by Crippen LogP contribution is 2.45. The lowest BCUT2D eigenvalue weighted by atomic mass is 10.0. The van der Waals surface area contributed by atoms with Gasteiger partial charge < -0.3 is 24.8 Å². The number of nitrogens with one attached hydrogen (secondary N) is 2. The molecule has 0 fully saturated rings. The van der Waals surface area contributed by atoms with E-state index in [0.29, 0.717) is 27.8 Å². The highest BCUT2D eigenvalue weighted by Gasteiger charge is 2.22. The molecule has 23 heavy (non-hydrogen) atoms. The molecule has 2 aromatic rings. The minimum Gasteiger partial charge on any atom is -0.492 e. The summed E-state index contributed by atoms with van der Waals surface area (Å²) in [5, 5.41) is 6.02. The summed E-state index contributed by atoms with van der Waals surface area (Å²) in [5.41, 5.74) is 0.550. The lowest BCUT2D eigenvalue weighted by Gasteiger charge is -2.18. The van der Waals surface area contributed by atoms with Crippen LogP contribution in [-0.2, 0) is 0 Å². The van der Waals surface area contributed by atoms with Crippen LogP contribution >= 0.6 is 0 Å². The van der Waals surface area contributed by atoms with Gasteiger partial charge in [-0.25, -0.2) is 9.59 Å². The standard InChI is InChI=1S/C16H18N2O5/c1-9-12(22-15(19)17-2)10-7-5-6-8-11(10)14(13(9)21-4)23-16(20)18-3/h5-8H,1-4H3,(H,17,19)(H,18,20). The molecule has 7 heteroatoms. The number of fused-ring (bicyclic) bond motifs is 1. The van der Waals surface area contributed by atoms with Crippen molar-refractivity contribution in [3.8, 4) is 17.2 Å². The van der Waals surface area contributed by atoms with Crippen molar-refractivity contribution in [2.75, 3.05) is 21.2 Å². The molecule has 7 nitrogen and oxygen atoms in total. The first-order valence-electron chi connectivity index (χ1n) is 6.91. The molecule has 0 saturated carbocycles. The van der Waals surface area contributed by atoms with Crippen LogP contribution < -0.4 is 24.8 Å². The fourth-order valence-electron chi connectivity index (χ4n) is 2.24. The van der Waals surface area contributed by atoms with E-state index in [0.717, 1.165) is 0 Å². The van der Waals surface area contributed by atoms with Crippen LogP contribution in [0.5, 0.6) is 17.2 Å². The minimum absolute atomic E-state index is 0.268. The fraction of sp³-hybridized carbons (Fsp3) is 0.250. The molecule has 0 aliphatic carbocycles. The molecule has 0 saturated heterocycles. The molecular weight excluding hydrogens is 300 g/mol. The average Bonchev–Trinajstić information content (AvgIpc) is 2.58. The zero-order valence-corrected chi connectivity index (χ0v) is 13.4. The third-order valence-corrected chi connectivity index (χ3v) is 3.31. The van der Waals surface area contributed by atoms with Crippen LogP contribution in [-0.4, -0.2) is 33.4 Å². The minimum atomic E-state index is -0.618. The SMILES string of the molecule is CNC(=O)Oc1c(C)c(OC)c(OC(=O)NC)c2ccccc12. The van der Waals surface area contributed by atoms with E-state index < -0.39 is 12.2 Å². The van der Waals surface area contributed by atoms with Crippen molar-refractivity contribution in [3.63, 3.8) is 0 Å². The van der Waals surface area contributed by atoms with Crippen molar-refractivity contribution in [2.24, 2.45) is 0 Å². The molecule has 2 amide bonds. The zero-order valence-electron chi connectivity index (χ0n) is 13.4. The average molecular weight is 318 g/mol. The van der Waals surface area contributed by atoms with Crippen molar-refractivity contribution in [1.29, 1.82) is 0 Å². The summed E-state index contributed by atoms with van der Waals surface area (Å²) in [7, 11) is 4.39. The monoisotopic (exact) mass is 318 g/mol. The van der Waals surface area contributed by atoms with Crippen LogP contribution in [0.3, 0.4) is 0 Å². The van der Waals surface area contributed by atoms with Crippen molar-refractivity contribution in [1.82, 2.24) is 10.6 Å². The molecule has 0 radical (unpaired) electrons. The maximum Gasteiger partial charge on any atom is 0.412 e. The topological polar surface area (TPSA) is 85.9 Å². The molecule has 0 aliphatic heterocycles. The second-order valence-corrected chi connectivity index (χ2v) is 4.64. The predicted molar refractivity (Wildman–Crippen MR) is 85.4 cm³/mol. The highest BCUT2D eigenvalue weighted by molar-refractivity contribution is 5.99. The van der Waals surface area contributed by atoms with Gasteiger partial charge >= 0.3 is 12.2 Å². The molecule has 0 aromatic heterocycles. The Bertz CT molecular complexity index is 758. The number of benzene rings is 2. The van der Waals surface area contributed by atoms with Gasteiger partial charge in [0.1, 0.15) is 5.75 Å². The molecule has 122 valence electrons. The van der Waals surface area contributed by atoms with E-state index in [9.17, 15) is 9.59 Å². The lowest BCUT2D eigenvalue weighted by molar-refractivity contribution is 0.199. The quantitative estimate of drug-likeness (QED) is 0.908. The third kappa shape index (κ3) is 3.13. The van der Waals surface area contributed by atoms with Crippen molar-refractivity contribution >= 4 is 23.0 Å². The normalized spacial score (nSPS) is 10.1. The van der Waals surface area contributed by atoms with Gasteiger partial charge in [-0.1, -0.05) is 24.3 Å². The summed E-state index contributed by atoms with van der Waals surface area (Å²) < 4.78 is 16.1. The molecule has 0 spiro atoms. The maximum atomic E-state index is 11.6. The predicted octanol–water partition coefficient (Wildman–Crippen LogP) is 2.59. The van der Waals surface area contributed by atoms with E-state index in [1.165, 1.54) is 21.2 Å². The first-order valence-corrected chi connectivity index (χ1v) is 6.91. The summed E-state index contributed by atoms with van der Waals surface area (Å²) in [6.45, 7) is 1.72. The smallest absolute Gasteiger partial charge is 0.412 e. The molecule has 2 N–H and O–H groups in total. The highest BCUT2D eigenvalue weighted by atomic mass is 16.6. The number of ether oxygens (including phenoxy) is 3. The summed E-state index contributed by atoms with van der Waals surface area (Å²) in [4.78, 5) is 23.2. The zero-order chi connectivity index (χ0) is 17.0. The van der Waals surface area contributed by atoms with Crippen molar-refractivity contribution in [2.45, 2.75) is 6.92 Å². The fourth-order valence-corrected chi connectivity index (χ4v) is 2.24. The Kier molecular flexibility index (Phi) is 4.90. The van der Waals surface area contributed by atoms with E-state index >= 15 is 0 Å². The number of methoxy groups -OCH3 is 1. The van der Waals surface area contributed by atoms with Crippen molar-refractivity contribution in [3.05, 3.63) is 29.8 Å². The van der Waals surface area contributed by atoms with Crippen LogP contribution in [0.2, 0.25) is 0 Å². The van der Waals surface area contributed by atoms with E-state index in [-0.39, 0.29) is 5.75 Å². The van der Waals surface area contributed by atoms with E-state index in [1.54, 1.807) is 31.2 Å². The Morgan fingerprint density at radius 1 is 0.870 bits per heavy atom. The number of hydrogen-bond donors (Lipinski definition) is 2. The van der Waals surface area contributed by atoms with Crippen molar-refractivity contribution < 1.29 is 23.8 Å². The van der Waals surface area contributed by atoms with Crippen LogP contribution in [0.1, 0.15) is 5.56 Å². The van der Waals surface area contributed by atoms with E-state index in [4.69, 9.17) is 14.2 Å². The van der Waals surface area contributed by atoms with Gasteiger partial charge in [0.2, 0.25) is 0 Å². The van der Waals surface area contributed by atoms with Crippen LogP contribution in [0.4, 0.5) is 9.59 Å². The molecular formula is C16H18N2O5. The Labute approximate surface area is 133 Å². The number of hydrogen-bond acceptors (Lipinski definition) is 5. The third-order valence-electron chi connectivity index (χ3n) is 3.31. The largest absolute Gasteiger partial charge is 0.492 e. The van der Waals surface area contributed by atoms with Gasteiger partial charge in [0, 0.05) is 30.4 Å². The summed E-state index contributed by atoms with van der Waals surface area (Å²) in [6, 6.07) is 7.12. The van der Waals surface area contributed by atoms with Crippen LogP contribution in [0, 0.1) is 6.92 Å². The van der Waals surface area contributed by atoms with E-state index in [2.05, 4.69) is 10.6 Å². The van der Waals surface area contributed by atoms with Crippen LogP contribution in [0.25, 0.3) is 10.8 Å². The first-order chi connectivity index (χ1) is 11.0. The van der Waals surface area contributed by atoms with Crippen LogP contribution in [0.15, 0.2) is 24.3 Å². The molecule has 2 rings (SSSR count). The van der Waals surface area contributed by atoms with E-state index in [1.807, 2.05) is 0 Å². The Balaban J connectivity index is 2.74. The Hall–Kier alpha value is -2.96. The Morgan fingerprint density at radius 2 is 1.35 bits per heavy atom. The van der Waals surface area contributed by atoms with Gasteiger partial charge in [-0.15, -0.1) is 0 Å². The number of amides is 2. The molecule has 0 bridgehead atoms. The summed E-state index contributed by atoms with van der Waals surface area (Å²) >= 11 is 0. The maximum absolute atomic E-state index is 11.6. The second-order valence-electron chi connectivity index (χ2n) is 4.64. The van der Waals surface area contributed by atoms with Gasteiger partial charge in [0.05, 0.1) is 7.11 Å². The number of carbonyl (C=O) groups excluding carboxylic acids is 2. The second kappa shape index (κ2) is 6.87. The molecule has 2 aromatic carbocycles.